The molecule has 0 radical (unpaired) electrons. The Balaban J connectivity index is 0. The van der Waals surface area contributed by atoms with Crippen LogP contribution in [-0.2, 0) is 0 Å². The summed E-state index contributed by atoms with van der Waals surface area (Å²) in [6, 6.07) is 0. The quantitative estimate of drug-likeness (QED) is 0.412. The summed E-state index contributed by atoms with van der Waals surface area (Å²) in [5.41, 5.74) is 1.42. The average molecular weight is 138 g/mol. The maximum absolute atomic E-state index is 3.61. The van der Waals surface area contributed by atoms with Crippen LogP contribution in [0.3, 0.4) is 0 Å². The van der Waals surface area contributed by atoms with Crippen molar-refractivity contribution in [1.82, 2.24) is 0 Å². The van der Waals surface area contributed by atoms with Crippen molar-refractivity contribution in [3.63, 3.8) is 0 Å². The van der Waals surface area contributed by atoms with E-state index in [4.69, 9.17) is 0 Å². The minimum Gasteiger partial charge on any atom is -0.106 e. The average Bonchev–Trinajstić information content (AvgIpc) is 1.93. The van der Waals surface area contributed by atoms with Crippen LogP contribution in [0.15, 0.2) is 37.5 Å². The fourth-order valence-corrected chi connectivity index (χ4v) is 0.679. The Hall–Kier alpha value is -0.780. The Morgan fingerprint density at radius 3 is 2.20 bits per heavy atom. The second-order valence-electron chi connectivity index (χ2n) is 2.00. The van der Waals surface area contributed by atoms with Gasteiger partial charge in [0, 0.05) is 0 Å². The lowest BCUT2D eigenvalue weighted by atomic mass is 10.2. The zero-order valence-electron chi connectivity index (χ0n) is 7.19. The molecule has 0 fully saturated rings. The van der Waals surface area contributed by atoms with Gasteiger partial charge in [-0.1, -0.05) is 37.6 Å². The van der Waals surface area contributed by atoms with Crippen molar-refractivity contribution in [2.45, 2.75) is 26.7 Å². The summed E-state index contributed by atoms with van der Waals surface area (Å²) in [5, 5.41) is 0. The van der Waals surface area contributed by atoms with Crippen LogP contribution >= 0.6 is 0 Å². The molecule has 0 aromatic carbocycles. The maximum Gasteiger partial charge on any atom is -0.0323 e. The molecule has 0 saturated heterocycles. The molecule has 0 heterocycles. The molecule has 0 amide bonds. The van der Waals surface area contributed by atoms with E-state index in [1.54, 1.807) is 0 Å². The van der Waals surface area contributed by atoms with Crippen LogP contribution < -0.4 is 0 Å². The largest absolute Gasteiger partial charge is 0.106 e. The minimum atomic E-state index is 1.20. The Morgan fingerprint density at radius 1 is 1.40 bits per heavy atom. The molecule has 0 saturated carbocycles. The third-order valence-electron chi connectivity index (χ3n) is 1.05. The lowest BCUT2D eigenvalue weighted by Crippen LogP contribution is -1.71. The van der Waals surface area contributed by atoms with Crippen LogP contribution in [0.1, 0.15) is 26.7 Å². The van der Waals surface area contributed by atoms with Crippen LogP contribution in [-0.4, -0.2) is 0 Å². The molecule has 0 heteroatoms. The summed E-state index contributed by atoms with van der Waals surface area (Å²) in [5.74, 6) is 0. The lowest BCUT2D eigenvalue weighted by Gasteiger charge is -1.91. The van der Waals surface area contributed by atoms with Crippen molar-refractivity contribution in [1.29, 1.82) is 0 Å². The molecule has 0 aromatic heterocycles. The van der Waals surface area contributed by atoms with Crippen molar-refractivity contribution >= 4 is 0 Å². The fraction of sp³-hybridized carbons (Fsp3) is 0.400. The first-order valence-corrected chi connectivity index (χ1v) is 3.59. The van der Waals surface area contributed by atoms with Gasteiger partial charge < -0.3 is 0 Å². The smallest absolute Gasteiger partial charge is 0.0323 e. The molecule has 0 rings (SSSR count). The highest BCUT2D eigenvalue weighted by Crippen LogP contribution is 2.01. The molecule has 0 N–H and O–H groups in total. The highest BCUT2D eigenvalue weighted by Gasteiger charge is 1.80. The van der Waals surface area contributed by atoms with Crippen LogP contribution in [0.5, 0.6) is 0 Å². The highest BCUT2D eigenvalue weighted by molar-refractivity contribution is 5.07. The van der Waals surface area contributed by atoms with Crippen molar-refractivity contribution in [2.24, 2.45) is 0 Å². The summed E-state index contributed by atoms with van der Waals surface area (Å²) in [6.07, 6.45) is 6.33. The van der Waals surface area contributed by atoms with E-state index in [2.05, 4.69) is 39.7 Å². The Labute approximate surface area is 65.0 Å². The molecule has 0 bridgehead atoms. The van der Waals surface area contributed by atoms with E-state index in [-0.39, 0.29) is 0 Å². The van der Waals surface area contributed by atoms with Crippen molar-refractivity contribution < 1.29 is 0 Å². The van der Waals surface area contributed by atoms with Crippen LogP contribution in [0.25, 0.3) is 0 Å². The summed E-state index contributed by atoms with van der Waals surface area (Å²) in [4.78, 5) is 0. The van der Waals surface area contributed by atoms with Crippen LogP contribution in [0, 0.1) is 0 Å². The van der Waals surface area contributed by atoms with Crippen LogP contribution in [0.4, 0.5) is 0 Å². The van der Waals surface area contributed by atoms with E-state index in [9.17, 15) is 0 Å². The number of rotatable bonds is 3. The Morgan fingerprint density at radius 2 is 1.90 bits per heavy atom. The van der Waals surface area contributed by atoms with Gasteiger partial charge in [-0.3, -0.25) is 0 Å². The van der Waals surface area contributed by atoms with Gasteiger partial charge in [0.1, 0.15) is 0 Å². The standard InChI is InChI=1S/C8H14.C2H4/c1-4-6-8(3)7-5-2;1-2/h4,6H,1,5,7H2,2-3H3;1-2H2/b8-6-;. The van der Waals surface area contributed by atoms with Gasteiger partial charge in [0.25, 0.3) is 0 Å². The van der Waals surface area contributed by atoms with Crippen molar-refractivity contribution in [3.05, 3.63) is 37.5 Å². The van der Waals surface area contributed by atoms with Gasteiger partial charge >= 0.3 is 0 Å². The van der Waals surface area contributed by atoms with E-state index >= 15 is 0 Å². The van der Waals surface area contributed by atoms with Gasteiger partial charge in [-0.25, -0.2) is 0 Å². The predicted octanol–water partition coefficient (Wildman–Crippen LogP) is 3.72. The van der Waals surface area contributed by atoms with E-state index in [0.29, 0.717) is 0 Å². The Kier molecular flexibility index (Phi) is 13.2. The van der Waals surface area contributed by atoms with Gasteiger partial charge in [0.15, 0.2) is 0 Å². The van der Waals surface area contributed by atoms with E-state index in [1.165, 1.54) is 18.4 Å². The molecule has 0 nitrogen and oxygen atoms in total. The van der Waals surface area contributed by atoms with Gasteiger partial charge in [0.05, 0.1) is 0 Å². The first kappa shape index (κ1) is 12.0. The number of hydrogen-bond donors (Lipinski definition) is 0. The zero-order valence-corrected chi connectivity index (χ0v) is 7.19. The molecule has 0 aliphatic heterocycles. The SMILES string of the molecule is C=C.C=C/C=C(/C)CCC. The third kappa shape index (κ3) is 10.3. The predicted molar refractivity (Wildman–Crippen MR) is 50.1 cm³/mol. The molecule has 0 aromatic rings. The molecule has 0 aliphatic rings. The molecule has 0 spiro atoms. The van der Waals surface area contributed by atoms with E-state index in [0.717, 1.165) is 0 Å². The summed E-state index contributed by atoms with van der Waals surface area (Å²) in [7, 11) is 0. The minimum absolute atomic E-state index is 1.20. The van der Waals surface area contributed by atoms with Crippen molar-refractivity contribution in [2.75, 3.05) is 0 Å². The molecule has 58 valence electrons. The zero-order chi connectivity index (χ0) is 8.41. The second-order valence-corrected chi connectivity index (χ2v) is 2.00. The van der Waals surface area contributed by atoms with Gasteiger partial charge in [-0.15, -0.1) is 13.2 Å². The van der Waals surface area contributed by atoms with Crippen LogP contribution in [0.2, 0.25) is 0 Å². The third-order valence-corrected chi connectivity index (χ3v) is 1.05. The highest BCUT2D eigenvalue weighted by atomic mass is 13.9. The van der Waals surface area contributed by atoms with Gasteiger partial charge in [0.2, 0.25) is 0 Å². The van der Waals surface area contributed by atoms with E-state index in [1.807, 2.05) is 6.08 Å². The number of allylic oxidation sites excluding steroid dienone is 3. The molecule has 0 aliphatic carbocycles. The molecular formula is C10H18. The van der Waals surface area contributed by atoms with Gasteiger partial charge in [-0.2, -0.15) is 0 Å². The molecular weight excluding hydrogens is 120 g/mol. The molecule has 10 heavy (non-hydrogen) atoms. The second kappa shape index (κ2) is 11.1. The monoisotopic (exact) mass is 138 g/mol. The summed E-state index contributed by atoms with van der Waals surface area (Å²) >= 11 is 0. The first-order valence-electron chi connectivity index (χ1n) is 3.59. The first-order chi connectivity index (χ1) is 4.81. The normalized spacial score (nSPS) is 9.60. The summed E-state index contributed by atoms with van der Waals surface area (Å²) < 4.78 is 0. The fourth-order valence-electron chi connectivity index (χ4n) is 0.679. The topological polar surface area (TPSA) is 0 Å². The molecule has 0 unspecified atom stereocenters. The Bertz CT molecular complexity index is 98.6. The van der Waals surface area contributed by atoms with E-state index < -0.39 is 0 Å². The van der Waals surface area contributed by atoms with Gasteiger partial charge in [-0.05, 0) is 13.3 Å². The van der Waals surface area contributed by atoms with Crippen molar-refractivity contribution in [3.8, 4) is 0 Å². The number of hydrogen-bond acceptors (Lipinski definition) is 0. The molecule has 0 atom stereocenters. The summed E-state index contributed by atoms with van der Waals surface area (Å²) in [6.45, 7) is 13.9. The maximum atomic E-state index is 3.61. The lowest BCUT2D eigenvalue weighted by molar-refractivity contribution is 0.906.